The Morgan fingerprint density at radius 2 is 1.95 bits per heavy atom. The maximum absolute atomic E-state index is 9.36. The average molecular weight is 263 g/mol. The largest absolute Gasteiger partial charge is 0.488 e. The van der Waals surface area contributed by atoms with Crippen LogP contribution in [0.4, 0.5) is 0 Å². The van der Waals surface area contributed by atoms with Crippen LogP contribution < -0.4 is 5.46 Å². The number of rotatable bonds is 5. The van der Waals surface area contributed by atoms with E-state index in [-0.39, 0.29) is 0 Å². The van der Waals surface area contributed by atoms with E-state index in [4.69, 9.17) is 4.74 Å². The predicted octanol–water partition coefficient (Wildman–Crippen LogP) is 0.367. The summed E-state index contributed by atoms with van der Waals surface area (Å²) in [4.78, 5) is 2.34. The molecule has 19 heavy (non-hydrogen) atoms. The van der Waals surface area contributed by atoms with Crippen LogP contribution in [-0.4, -0.2) is 47.9 Å². The van der Waals surface area contributed by atoms with Gasteiger partial charge >= 0.3 is 7.12 Å². The number of hydrogen-bond donors (Lipinski definition) is 2. The van der Waals surface area contributed by atoms with Crippen LogP contribution in [0.1, 0.15) is 25.3 Å². The first-order chi connectivity index (χ1) is 9.20. The number of nitrogens with zero attached hydrogens (tertiary/aromatic N) is 1. The molecule has 1 aliphatic heterocycles. The van der Waals surface area contributed by atoms with Crippen LogP contribution in [0.5, 0.6) is 0 Å². The molecule has 1 heterocycles. The summed E-state index contributed by atoms with van der Waals surface area (Å²) in [7, 11) is -1.39. The Morgan fingerprint density at radius 3 is 2.58 bits per heavy atom. The SMILES string of the molecule is CCOC1CCN(Cc2ccccc2B(O)O)CC1. The minimum Gasteiger partial charge on any atom is -0.423 e. The molecule has 2 N–H and O–H groups in total. The lowest BCUT2D eigenvalue weighted by Gasteiger charge is -2.32. The second kappa shape index (κ2) is 7.05. The van der Waals surface area contributed by atoms with E-state index in [0.717, 1.165) is 44.6 Å². The zero-order chi connectivity index (χ0) is 13.7. The Bertz CT molecular complexity index is 392. The molecule has 0 spiro atoms. The molecule has 0 aliphatic carbocycles. The maximum Gasteiger partial charge on any atom is 0.488 e. The summed E-state index contributed by atoms with van der Waals surface area (Å²) in [5, 5.41) is 18.7. The number of likely N-dealkylation sites (tertiary alicyclic amines) is 1. The molecule has 2 rings (SSSR count). The Kier molecular flexibility index (Phi) is 5.40. The molecule has 0 unspecified atom stereocenters. The minimum absolute atomic E-state index is 0.389. The molecule has 1 aromatic rings. The van der Waals surface area contributed by atoms with Crippen molar-refractivity contribution < 1.29 is 14.8 Å². The third-order valence-electron chi connectivity index (χ3n) is 3.66. The summed E-state index contributed by atoms with van der Waals surface area (Å²) in [6.07, 6.45) is 2.50. The molecule has 0 amide bonds. The van der Waals surface area contributed by atoms with Gasteiger partial charge in [-0.3, -0.25) is 4.90 Å². The molecule has 1 aliphatic rings. The molecule has 0 aromatic heterocycles. The van der Waals surface area contributed by atoms with Gasteiger partial charge in [0.2, 0.25) is 0 Å². The van der Waals surface area contributed by atoms with E-state index in [2.05, 4.69) is 4.90 Å². The molecular weight excluding hydrogens is 241 g/mol. The molecule has 1 fully saturated rings. The van der Waals surface area contributed by atoms with Crippen molar-refractivity contribution in [3.05, 3.63) is 29.8 Å². The zero-order valence-corrected chi connectivity index (χ0v) is 11.5. The van der Waals surface area contributed by atoms with Crippen molar-refractivity contribution in [2.75, 3.05) is 19.7 Å². The highest BCUT2D eigenvalue weighted by Crippen LogP contribution is 2.15. The normalized spacial score (nSPS) is 17.6. The standard InChI is InChI=1S/C14H22BNO3/c1-2-19-13-7-9-16(10-8-13)11-12-5-3-4-6-14(12)15(17)18/h3-6,13,17-18H,2,7-11H2,1H3. The van der Waals surface area contributed by atoms with Gasteiger partial charge in [0.15, 0.2) is 0 Å². The first-order valence-electron chi connectivity index (χ1n) is 6.98. The van der Waals surface area contributed by atoms with Crippen molar-refractivity contribution >= 4 is 12.6 Å². The van der Waals surface area contributed by atoms with Gasteiger partial charge in [-0.25, -0.2) is 0 Å². The number of piperidine rings is 1. The predicted molar refractivity (Wildman–Crippen MR) is 76.2 cm³/mol. The van der Waals surface area contributed by atoms with Crippen LogP contribution in [0.25, 0.3) is 0 Å². The molecule has 0 radical (unpaired) electrons. The molecule has 4 nitrogen and oxygen atoms in total. The highest BCUT2D eigenvalue weighted by atomic mass is 16.5. The van der Waals surface area contributed by atoms with Gasteiger partial charge in [-0.15, -0.1) is 0 Å². The van der Waals surface area contributed by atoms with Crippen molar-refractivity contribution in [1.29, 1.82) is 0 Å². The molecule has 0 bridgehead atoms. The van der Waals surface area contributed by atoms with Crippen LogP contribution in [0.15, 0.2) is 24.3 Å². The lowest BCUT2D eigenvalue weighted by molar-refractivity contribution is 0.0125. The van der Waals surface area contributed by atoms with Crippen LogP contribution in [0.3, 0.4) is 0 Å². The summed E-state index contributed by atoms with van der Waals surface area (Å²) in [5.41, 5.74) is 1.60. The van der Waals surface area contributed by atoms with Crippen LogP contribution >= 0.6 is 0 Å². The van der Waals surface area contributed by atoms with E-state index in [1.807, 2.05) is 25.1 Å². The smallest absolute Gasteiger partial charge is 0.423 e. The third kappa shape index (κ3) is 4.04. The van der Waals surface area contributed by atoms with Crippen LogP contribution in [-0.2, 0) is 11.3 Å². The quantitative estimate of drug-likeness (QED) is 0.753. The summed E-state index contributed by atoms with van der Waals surface area (Å²) >= 11 is 0. The van der Waals surface area contributed by atoms with Crippen molar-refractivity contribution in [3.8, 4) is 0 Å². The number of hydrogen-bond acceptors (Lipinski definition) is 4. The Morgan fingerprint density at radius 1 is 1.26 bits per heavy atom. The van der Waals surface area contributed by atoms with Crippen molar-refractivity contribution in [1.82, 2.24) is 4.90 Å². The van der Waals surface area contributed by atoms with Crippen LogP contribution in [0.2, 0.25) is 0 Å². The van der Waals surface area contributed by atoms with Gasteiger partial charge in [-0.05, 0) is 30.8 Å². The van der Waals surface area contributed by atoms with E-state index >= 15 is 0 Å². The van der Waals surface area contributed by atoms with E-state index in [9.17, 15) is 10.0 Å². The third-order valence-corrected chi connectivity index (χ3v) is 3.66. The number of ether oxygens (including phenoxy) is 1. The van der Waals surface area contributed by atoms with Gasteiger partial charge in [0.25, 0.3) is 0 Å². The zero-order valence-electron chi connectivity index (χ0n) is 11.5. The van der Waals surface area contributed by atoms with E-state index in [0.29, 0.717) is 11.6 Å². The molecular formula is C14H22BNO3. The second-order valence-corrected chi connectivity index (χ2v) is 5.00. The fourth-order valence-corrected chi connectivity index (χ4v) is 2.64. The van der Waals surface area contributed by atoms with E-state index in [1.54, 1.807) is 6.07 Å². The molecule has 0 saturated carbocycles. The van der Waals surface area contributed by atoms with E-state index in [1.165, 1.54) is 0 Å². The monoisotopic (exact) mass is 263 g/mol. The van der Waals surface area contributed by atoms with Gasteiger partial charge in [0, 0.05) is 26.2 Å². The lowest BCUT2D eigenvalue weighted by Crippen LogP contribution is -2.40. The van der Waals surface area contributed by atoms with Crippen LogP contribution in [0, 0.1) is 0 Å². The molecule has 5 heteroatoms. The summed E-state index contributed by atoms with van der Waals surface area (Å²) < 4.78 is 5.64. The average Bonchev–Trinajstić information content (AvgIpc) is 2.42. The van der Waals surface area contributed by atoms with Gasteiger partial charge < -0.3 is 14.8 Å². The highest BCUT2D eigenvalue weighted by Gasteiger charge is 2.21. The van der Waals surface area contributed by atoms with Crippen molar-refractivity contribution in [2.45, 2.75) is 32.4 Å². The molecule has 104 valence electrons. The maximum atomic E-state index is 9.36. The number of benzene rings is 1. The topological polar surface area (TPSA) is 52.9 Å². The Labute approximate surface area is 115 Å². The van der Waals surface area contributed by atoms with Gasteiger partial charge in [-0.1, -0.05) is 24.3 Å². The lowest BCUT2D eigenvalue weighted by atomic mass is 9.77. The van der Waals surface area contributed by atoms with Crippen molar-refractivity contribution in [2.24, 2.45) is 0 Å². The summed E-state index contributed by atoms with van der Waals surface area (Å²) in [5.74, 6) is 0. The molecule has 1 saturated heterocycles. The molecule has 0 atom stereocenters. The second-order valence-electron chi connectivity index (χ2n) is 5.00. The Balaban J connectivity index is 1.92. The molecule has 1 aromatic carbocycles. The summed E-state index contributed by atoms with van der Waals surface area (Å²) in [6, 6.07) is 7.50. The first-order valence-corrected chi connectivity index (χ1v) is 6.98. The van der Waals surface area contributed by atoms with Gasteiger partial charge in [0.05, 0.1) is 6.10 Å². The Hall–Kier alpha value is -0.875. The fraction of sp³-hybridized carbons (Fsp3) is 0.571. The van der Waals surface area contributed by atoms with Gasteiger partial charge in [0.1, 0.15) is 0 Å². The minimum atomic E-state index is -1.39. The first kappa shape index (κ1) is 14.5. The fourth-order valence-electron chi connectivity index (χ4n) is 2.64. The van der Waals surface area contributed by atoms with E-state index < -0.39 is 7.12 Å². The highest BCUT2D eigenvalue weighted by molar-refractivity contribution is 6.59. The van der Waals surface area contributed by atoms with Gasteiger partial charge in [-0.2, -0.15) is 0 Å². The van der Waals surface area contributed by atoms with Crippen molar-refractivity contribution in [3.63, 3.8) is 0 Å². The summed E-state index contributed by atoms with van der Waals surface area (Å²) in [6.45, 7) is 5.59.